The number of aryl methyl sites for hydroxylation is 1. The summed E-state index contributed by atoms with van der Waals surface area (Å²) in [6.45, 7) is 10.1. The van der Waals surface area contributed by atoms with E-state index in [2.05, 4.69) is 15.2 Å². The zero-order chi connectivity index (χ0) is 16.9. The van der Waals surface area contributed by atoms with E-state index in [9.17, 15) is 0 Å². The van der Waals surface area contributed by atoms with Crippen LogP contribution < -0.4 is 5.32 Å². The molecule has 1 aromatic rings. The van der Waals surface area contributed by atoms with Crippen LogP contribution in [0, 0.1) is 18.3 Å². The minimum absolute atomic E-state index is 0.186. The van der Waals surface area contributed by atoms with E-state index >= 15 is 0 Å². The average Bonchev–Trinajstić information content (AvgIpc) is 3.17. The molecule has 0 unspecified atom stereocenters. The van der Waals surface area contributed by atoms with Crippen LogP contribution in [0.2, 0.25) is 0 Å². The van der Waals surface area contributed by atoms with Crippen molar-refractivity contribution in [2.24, 2.45) is 11.3 Å². The summed E-state index contributed by atoms with van der Waals surface area (Å²) in [6.07, 6.45) is 5.02. The van der Waals surface area contributed by atoms with Gasteiger partial charge in [0.05, 0.1) is 25.5 Å². The molecule has 4 aliphatic heterocycles. The molecule has 2 atom stereocenters. The highest BCUT2D eigenvalue weighted by atomic mass is 16.5. The third-order valence-electron chi connectivity index (χ3n) is 6.81. The first-order valence-corrected chi connectivity index (χ1v) is 9.67. The normalized spacial score (nSPS) is 34.2. The molecule has 0 radical (unpaired) electrons. The van der Waals surface area contributed by atoms with Crippen molar-refractivity contribution in [1.82, 2.24) is 20.2 Å². The maximum Gasteiger partial charge on any atom is 0.125 e. The number of ether oxygens (including phenoxy) is 2. The van der Waals surface area contributed by atoms with E-state index in [0.29, 0.717) is 11.3 Å². The molecule has 1 spiro atoms. The van der Waals surface area contributed by atoms with Gasteiger partial charge < -0.3 is 19.7 Å². The highest BCUT2D eigenvalue weighted by Crippen LogP contribution is 2.43. The van der Waals surface area contributed by atoms with Crippen molar-refractivity contribution in [3.8, 4) is 0 Å². The molecule has 1 N–H and O–H groups in total. The van der Waals surface area contributed by atoms with Crippen LogP contribution in [-0.4, -0.2) is 67.4 Å². The molecular formula is C19H28N4O2. The smallest absolute Gasteiger partial charge is 0.125 e. The number of nitrogens with zero attached hydrogens (tertiary/aromatic N) is 3. The van der Waals surface area contributed by atoms with Gasteiger partial charge in [0.15, 0.2) is 0 Å². The Balaban J connectivity index is 1.32. The van der Waals surface area contributed by atoms with Gasteiger partial charge in [0.1, 0.15) is 11.4 Å². The van der Waals surface area contributed by atoms with Crippen LogP contribution >= 0.6 is 0 Å². The second-order valence-corrected chi connectivity index (χ2v) is 8.37. The number of rotatable bonds is 2. The summed E-state index contributed by atoms with van der Waals surface area (Å²) in [6, 6.07) is 0. The van der Waals surface area contributed by atoms with Gasteiger partial charge in [-0.05, 0) is 31.7 Å². The molecule has 0 amide bonds. The summed E-state index contributed by atoms with van der Waals surface area (Å²) >= 11 is 0. The maximum absolute atomic E-state index is 6.34. The van der Waals surface area contributed by atoms with Crippen molar-refractivity contribution < 1.29 is 9.47 Å². The van der Waals surface area contributed by atoms with E-state index < -0.39 is 0 Å². The third kappa shape index (κ3) is 2.62. The number of hydrogen-bond acceptors (Lipinski definition) is 6. The van der Waals surface area contributed by atoms with E-state index in [1.54, 1.807) is 0 Å². The Morgan fingerprint density at radius 3 is 3.12 bits per heavy atom. The largest absolute Gasteiger partial charge is 0.380 e. The zero-order valence-corrected chi connectivity index (χ0v) is 15.1. The van der Waals surface area contributed by atoms with Crippen LogP contribution in [0.15, 0.2) is 6.20 Å². The molecule has 6 heteroatoms. The number of nitrogens with one attached hydrogen (secondary N) is 1. The Kier molecular flexibility index (Phi) is 3.85. The summed E-state index contributed by atoms with van der Waals surface area (Å²) < 4.78 is 12.2. The van der Waals surface area contributed by atoms with Gasteiger partial charge in [-0.25, -0.2) is 9.97 Å². The van der Waals surface area contributed by atoms with Gasteiger partial charge in [-0.1, -0.05) is 0 Å². The fourth-order valence-electron chi connectivity index (χ4n) is 5.29. The second kappa shape index (κ2) is 5.98. The van der Waals surface area contributed by atoms with Crippen molar-refractivity contribution in [3.05, 3.63) is 23.3 Å². The zero-order valence-electron chi connectivity index (χ0n) is 15.1. The monoisotopic (exact) mass is 344 g/mol. The van der Waals surface area contributed by atoms with Gasteiger partial charge in [0.25, 0.3) is 0 Å². The summed E-state index contributed by atoms with van der Waals surface area (Å²) in [7, 11) is 0. The summed E-state index contributed by atoms with van der Waals surface area (Å²) in [5, 5.41) is 3.58. The first kappa shape index (κ1) is 16.1. The molecule has 3 saturated heterocycles. The minimum Gasteiger partial charge on any atom is -0.380 e. The van der Waals surface area contributed by atoms with E-state index in [4.69, 9.17) is 14.5 Å². The van der Waals surface area contributed by atoms with E-state index in [1.165, 1.54) is 5.56 Å². The Morgan fingerprint density at radius 2 is 2.24 bits per heavy atom. The van der Waals surface area contributed by atoms with Crippen molar-refractivity contribution in [2.45, 2.75) is 31.8 Å². The Hall–Kier alpha value is -1.08. The lowest BCUT2D eigenvalue weighted by Crippen LogP contribution is -2.51. The Labute approximate surface area is 149 Å². The first-order chi connectivity index (χ1) is 12.2. The van der Waals surface area contributed by atoms with Gasteiger partial charge >= 0.3 is 0 Å². The molecule has 0 bridgehead atoms. The fraction of sp³-hybridized carbons (Fsp3) is 0.789. The molecule has 0 saturated carbocycles. The molecule has 5 rings (SSSR count). The fourth-order valence-corrected chi connectivity index (χ4v) is 5.29. The molecule has 4 aliphatic rings. The number of aromatic nitrogens is 2. The number of piperidine rings is 1. The molecule has 0 aliphatic carbocycles. The molecule has 6 nitrogen and oxygen atoms in total. The van der Waals surface area contributed by atoms with Gasteiger partial charge in [-0.15, -0.1) is 0 Å². The highest BCUT2D eigenvalue weighted by Gasteiger charge is 2.50. The van der Waals surface area contributed by atoms with Gasteiger partial charge in [-0.3, -0.25) is 0 Å². The van der Waals surface area contributed by atoms with Gasteiger partial charge in [0.2, 0.25) is 0 Å². The van der Waals surface area contributed by atoms with Crippen LogP contribution in [-0.2, 0) is 21.5 Å². The van der Waals surface area contributed by atoms with E-state index in [-0.39, 0.29) is 5.60 Å². The van der Waals surface area contributed by atoms with Crippen molar-refractivity contribution in [2.75, 3.05) is 52.5 Å². The minimum atomic E-state index is -0.186. The first-order valence-electron chi connectivity index (χ1n) is 9.67. The molecule has 136 valence electrons. The second-order valence-electron chi connectivity index (χ2n) is 8.37. The lowest BCUT2D eigenvalue weighted by molar-refractivity contribution is -0.105. The van der Waals surface area contributed by atoms with Crippen LogP contribution in [0.4, 0.5) is 0 Å². The van der Waals surface area contributed by atoms with E-state index in [1.807, 2.05) is 13.1 Å². The Bertz CT molecular complexity index is 647. The number of hydrogen-bond donors (Lipinski definition) is 1. The SMILES string of the molecule is Cc1ncc2c(n1)C1(CCN(C[C@]34CNC[C@H]3COC4)CC1)OCC2. The lowest BCUT2D eigenvalue weighted by Gasteiger charge is -2.45. The highest BCUT2D eigenvalue weighted by molar-refractivity contribution is 5.27. The van der Waals surface area contributed by atoms with Gasteiger partial charge in [0, 0.05) is 50.3 Å². The van der Waals surface area contributed by atoms with Crippen LogP contribution in [0.3, 0.4) is 0 Å². The summed E-state index contributed by atoms with van der Waals surface area (Å²) in [4.78, 5) is 11.8. The van der Waals surface area contributed by atoms with Crippen LogP contribution in [0.5, 0.6) is 0 Å². The Morgan fingerprint density at radius 1 is 1.36 bits per heavy atom. The lowest BCUT2D eigenvalue weighted by atomic mass is 9.78. The molecular weight excluding hydrogens is 316 g/mol. The van der Waals surface area contributed by atoms with Crippen molar-refractivity contribution >= 4 is 0 Å². The molecule has 0 aromatic carbocycles. The summed E-state index contributed by atoms with van der Waals surface area (Å²) in [5.41, 5.74) is 2.59. The predicted octanol–water partition coefficient (Wildman–Crippen LogP) is 0.885. The van der Waals surface area contributed by atoms with E-state index in [0.717, 1.165) is 83.3 Å². The van der Waals surface area contributed by atoms with Gasteiger partial charge in [-0.2, -0.15) is 0 Å². The quantitative estimate of drug-likeness (QED) is 0.860. The molecule has 1 aromatic heterocycles. The number of likely N-dealkylation sites (tertiary alicyclic amines) is 1. The van der Waals surface area contributed by atoms with Crippen LogP contribution in [0.1, 0.15) is 29.9 Å². The van der Waals surface area contributed by atoms with Crippen molar-refractivity contribution in [3.63, 3.8) is 0 Å². The van der Waals surface area contributed by atoms with Crippen LogP contribution in [0.25, 0.3) is 0 Å². The molecule has 5 heterocycles. The van der Waals surface area contributed by atoms with Crippen molar-refractivity contribution in [1.29, 1.82) is 0 Å². The predicted molar refractivity (Wildman–Crippen MR) is 93.4 cm³/mol. The number of fused-ring (bicyclic) bond motifs is 3. The third-order valence-corrected chi connectivity index (χ3v) is 6.81. The maximum atomic E-state index is 6.34. The molecule has 3 fully saturated rings. The standard InChI is InChI=1S/C19H28N4O2/c1-14-21-8-15-2-7-25-19(17(15)22-14)3-5-23(6-4-19)12-18-11-20-9-16(18)10-24-13-18/h8,16,20H,2-7,9-13H2,1H3/t16-,18-/m0/s1. The summed E-state index contributed by atoms with van der Waals surface area (Å²) in [5.74, 6) is 1.54. The molecule has 25 heavy (non-hydrogen) atoms. The topological polar surface area (TPSA) is 59.5 Å². The average molecular weight is 344 g/mol.